The van der Waals surface area contributed by atoms with E-state index in [9.17, 15) is 0 Å². The van der Waals surface area contributed by atoms with Crippen LogP contribution in [0.1, 0.15) is 24.1 Å². The van der Waals surface area contributed by atoms with Gasteiger partial charge in [0.2, 0.25) is 0 Å². The third-order valence-corrected chi connectivity index (χ3v) is 4.56. The number of aryl methyl sites for hydroxylation is 1. The van der Waals surface area contributed by atoms with E-state index >= 15 is 0 Å². The molecule has 21 heavy (non-hydrogen) atoms. The number of benzene rings is 1. The number of nitrogens with one attached hydrogen (secondary N) is 1. The van der Waals surface area contributed by atoms with Gasteiger partial charge in [0, 0.05) is 30.2 Å². The van der Waals surface area contributed by atoms with Gasteiger partial charge in [0.25, 0.3) is 0 Å². The van der Waals surface area contributed by atoms with E-state index in [1.807, 2.05) is 12.1 Å². The van der Waals surface area contributed by atoms with E-state index < -0.39 is 0 Å². The second kappa shape index (κ2) is 6.56. The van der Waals surface area contributed by atoms with E-state index in [2.05, 4.69) is 39.6 Å². The SMILES string of the molecule is Cc1ccccc1Nc1nc(CN(CCO)C2CC2)cs1. The van der Waals surface area contributed by atoms with Crippen LogP contribution in [0.3, 0.4) is 0 Å². The van der Waals surface area contributed by atoms with Gasteiger partial charge in [-0.25, -0.2) is 4.98 Å². The Balaban J connectivity index is 1.64. The summed E-state index contributed by atoms with van der Waals surface area (Å²) in [6.45, 7) is 3.88. The Labute approximate surface area is 129 Å². The third kappa shape index (κ3) is 3.81. The lowest BCUT2D eigenvalue weighted by molar-refractivity contribution is 0.182. The number of hydrogen-bond acceptors (Lipinski definition) is 5. The molecule has 0 bridgehead atoms. The number of para-hydroxylation sites is 1. The Morgan fingerprint density at radius 3 is 2.90 bits per heavy atom. The molecule has 3 rings (SSSR count). The lowest BCUT2D eigenvalue weighted by Crippen LogP contribution is -2.28. The minimum atomic E-state index is 0.217. The summed E-state index contributed by atoms with van der Waals surface area (Å²) < 4.78 is 0. The molecule has 1 heterocycles. The predicted molar refractivity (Wildman–Crippen MR) is 87.1 cm³/mol. The molecular weight excluding hydrogens is 282 g/mol. The lowest BCUT2D eigenvalue weighted by Gasteiger charge is -2.19. The van der Waals surface area contributed by atoms with Gasteiger partial charge in [0.05, 0.1) is 12.3 Å². The molecule has 5 heteroatoms. The average molecular weight is 303 g/mol. The maximum absolute atomic E-state index is 9.15. The minimum absolute atomic E-state index is 0.217. The molecule has 1 aromatic heterocycles. The summed E-state index contributed by atoms with van der Waals surface area (Å²) in [6.07, 6.45) is 2.50. The quantitative estimate of drug-likeness (QED) is 0.825. The van der Waals surface area contributed by atoms with E-state index in [1.54, 1.807) is 11.3 Å². The van der Waals surface area contributed by atoms with Crippen LogP contribution in [0, 0.1) is 6.92 Å². The standard InChI is InChI=1S/C16H21N3OS/c1-12-4-2-3-5-15(12)18-16-17-13(11-21-16)10-19(8-9-20)14-6-7-14/h2-5,11,14,20H,6-10H2,1H3,(H,17,18). The summed E-state index contributed by atoms with van der Waals surface area (Å²) in [5.41, 5.74) is 3.40. The van der Waals surface area contributed by atoms with Crippen LogP contribution in [-0.4, -0.2) is 34.2 Å². The number of anilines is 2. The van der Waals surface area contributed by atoms with Gasteiger partial charge >= 0.3 is 0 Å². The summed E-state index contributed by atoms with van der Waals surface area (Å²) >= 11 is 1.63. The molecule has 1 saturated carbocycles. The highest BCUT2D eigenvalue weighted by atomic mass is 32.1. The molecule has 0 unspecified atom stereocenters. The van der Waals surface area contributed by atoms with E-state index in [1.165, 1.54) is 18.4 Å². The van der Waals surface area contributed by atoms with Crippen molar-refractivity contribution < 1.29 is 5.11 Å². The van der Waals surface area contributed by atoms with Crippen LogP contribution < -0.4 is 5.32 Å². The van der Waals surface area contributed by atoms with Gasteiger partial charge in [0.15, 0.2) is 5.13 Å². The highest BCUT2D eigenvalue weighted by molar-refractivity contribution is 7.13. The minimum Gasteiger partial charge on any atom is -0.395 e. The molecule has 4 nitrogen and oxygen atoms in total. The zero-order chi connectivity index (χ0) is 14.7. The summed E-state index contributed by atoms with van der Waals surface area (Å²) in [5, 5.41) is 15.6. The fourth-order valence-electron chi connectivity index (χ4n) is 2.43. The second-order valence-corrected chi connectivity index (χ2v) is 6.37. The second-order valence-electron chi connectivity index (χ2n) is 5.51. The molecule has 0 amide bonds. The predicted octanol–water partition coefficient (Wildman–Crippen LogP) is 3.15. The molecule has 2 N–H and O–H groups in total. The first-order chi connectivity index (χ1) is 10.3. The number of nitrogens with zero attached hydrogens (tertiary/aromatic N) is 2. The first-order valence-corrected chi connectivity index (χ1v) is 8.26. The number of aliphatic hydroxyl groups excluding tert-OH is 1. The molecule has 2 aromatic rings. The van der Waals surface area contributed by atoms with Gasteiger partial charge in [-0.1, -0.05) is 18.2 Å². The summed E-state index contributed by atoms with van der Waals surface area (Å²) in [7, 11) is 0. The lowest BCUT2D eigenvalue weighted by atomic mass is 10.2. The van der Waals surface area contributed by atoms with E-state index in [0.717, 1.165) is 29.6 Å². The Morgan fingerprint density at radius 2 is 2.19 bits per heavy atom. The fraction of sp³-hybridized carbons (Fsp3) is 0.438. The molecule has 0 spiro atoms. The van der Waals surface area contributed by atoms with Crippen molar-refractivity contribution in [2.45, 2.75) is 32.4 Å². The maximum atomic E-state index is 9.15. The monoisotopic (exact) mass is 303 g/mol. The number of hydrogen-bond donors (Lipinski definition) is 2. The van der Waals surface area contributed by atoms with Crippen molar-refractivity contribution in [3.05, 3.63) is 40.9 Å². The van der Waals surface area contributed by atoms with Crippen molar-refractivity contribution in [2.24, 2.45) is 0 Å². The van der Waals surface area contributed by atoms with Crippen LogP contribution in [0.2, 0.25) is 0 Å². The number of thiazole rings is 1. The Hall–Kier alpha value is -1.43. The van der Waals surface area contributed by atoms with Gasteiger partial charge in [-0.05, 0) is 31.4 Å². The van der Waals surface area contributed by atoms with Crippen molar-refractivity contribution in [2.75, 3.05) is 18.5 Å². The first kappa shape index (κ1) is 14.5. The largest absolute Gasteiger partial charge is 0.395 e. The summed E-state index contributed by atoms with van der Waals surface area (Å²) in [5.74, 6) is 0. The van der Waals surface area contributed by atoms with Crippen molar-refractivity contribution in [1.29, 1.82) is 0 Å². The maximum Gasteiger partial charge on any atom is 0.187 e. The van der Waals surface area contributed by atoms with E-state index in [0.29, 0.717) is 6.04 Å². The van der Waals surface area contributed by atoms with Crippen LogP contribution in [0.5, 0.6) is 0 Å². The zero-order valence-electron chi connectivity index (χ0n) is 12.2. The molecule has 1 aliphatic carbocycles. The van der Waals surface area contributed by atoms with Crippen molar-refractivity contribution >= 4 is 22.2 Å². The van der Waals surface area contributed by atoms with Crippen LogP contribution >= 0.6 is 11.3 Å². The van der Waals surface area contributed by atoms with Gasteiger partial charge in [-0.15, -0.1) is 11.3 Å². The van der Waals surface area contributed by atoms with Crippen LogP contribution in [0.15, 0.2) is 29.6 Å². The third-order valence-electron chi connectivity index (χ3n) is 3.75. The fourth-order valence-corrected chi connectivity index (χ4v) is 3.15. The molecule has 112 valence electrons. The molecule has 0 saturated heterocycles. The normalized spacial score (nSPS) is 14.6. The summed E-state index contributed by atoms with van der Waals surface area (Å²) in [4.78, 5) is 6.99. The molecule has 1 fully saturated rings. The van der Waals surface area contributed by atoms with Crippen molar-refractivity contribution in [3.63, 3.8) is 0 Å². The first-order valence-electron chi connectivity index (χ1n) is 7.38. The summed E-state index contributed by atoms with van der Waals surface area (Å²) in [6, 6.07) is 8.87. The Bertz CT molecular complexity index is 595. The Kier molecular flexibility index (Phi) is 4.53. The molecule has 1 aromatic carbocycles. The zero-order valence-corrected chi connectivity index (χ0v) is 13.1. The van der Waals surface area contributed by atoms with E-state index in [-0.39, 0.29) is 6.61 Å². The molecular formula is C16H21N3OS. The van der Waals surface area contributed by atoms with E-state index in [4.69, 9.17) is 5.11 Å². The van der Waals surface area contributed by atoms with Gasteiger partial charge in [0.1, 0.15) is 0 Å². The highest BCUT2D eigenvalue weighted by Crippen LogP contribution is 2.29. The molecule has 0 radical (unpaired) electrons. The number of rotatable bonds is 7. The van der Waals surface area contributed by atoms with Gasteiger partial charge in [-0.3, -0.25) is 4.90 Å². The van der Waals surface area contributed by atoms with Crippen LogP contribution in [-0.2, 0) is 6.54 Å². The van der Waals surface area contributed by atoms with Crippen LogP contribution in [0.4, 0.5) is 10.8 Å². The van der Waals surface area contributed by atoms with Crippen LogP contribution in [0.25, 0.3) is 0 Å². The number of aromatic nitrogens is 1. The number of aliphatic hydroxyl groups is 1. The molecule has 1 aliphatic rings. The molecule has 0 atom stereocenters. The van der Waals surface area contributed by atoms with Gasteiger partial charge in [-0.2, -0.15) is 0 Å². The van der Waals surface area contributed by atoms with Gasteiger partial charge < -0.3 is 10.4 Å². The highest BCUT2D eigenvalue weighted by Gasteiger charge is 2.28. The average Bonchev–Trinajstić information content (AvgIpc) is 3.23. The Morgan fingerprint density at radius 1 is 1.38 bits per heavy atom. The van der Waals surface area contributed by atoms with Crippen molar-refractivity contribution in [1.82, 2.24) is 9.88 Å². The smallest absolute Gasteiger partial charge is 0.187 e. The topological polar surface area (TPSA) is 48.4 Å². The van der Waals surface area contributed by atoms with Crippen molar-refractivity contribution in [3.8, 4) is 0 Å². The molecule has 0 aliphatic heterocycles.